The lowest BCUT2D eigenvalue weighted by Gasteiger charge is -2.33. The van der Waals surface area contributed by atoms with Crippen LogP contribution < -0.4 is 19.5 Å². The van der Waals surface area contributed by atoms with Gasteiger partial charge in [0, 0.05) is 37.3 Å². The molecule has 0 bridgehead atoms. The van der Waals surface area contributed by atoms with Crippen LogP contribution >= 0.6 is 11.6 Å². The summed E-state index contributed by atoms with van der Waals surface area (Å²) in [6.45, 7) is 1.45. The first-order valence-corrected chi connectivity index (χ1v) is 11.7. The summed E-state index contributed by atoms with van der Waals surface area (Å²) in [6, 6.07) is 9.61. The predicted molar refractivity (Wildman–Crippen MR) is 121 cm³/mol. The second kappa shape index (κ2) is 10.4. The monoisotopic (exact) mass is 483 g/mol. The highest BCUT2D eigenvalue weighted by atomic mass is 35.5. The molecular weight excluding hydrogens is 458 g/mol. The number of carbonyl (C=O) groups is 1. The first-order valence-electron chi connectivity index (χ1n) is 9.86. The molecule has 0 saturated carbocycles. The van der Waals surface area contributed by atoms with E-state index < -0.39 is 10.0 Å². The van der Waals surface area contributed by atoms with E-state index >= 15 is 0 Å². The van der Waals surface area contributed by atoms with Gasteiger partial charge >= 0.3 is 0 Å². The van der Waals surface area contributed by atoms with Gasteiger partial charge in [-0.25, -0.2) is 8.42 Å². The van der Waals surface area contributed by atoms with E-state index in [-0.39, 0.29) is 36.2 Å². The van der Waals surface area contributed by atoms with Gasteiger partial charge in [0.05, 0.1) is 33.6 Å². The normalized spacial score (nSPS) is 15.2. The highest BCUT2D eigenvalue weighted by molar-refractivity contribution is 7.89. The third-order valence-corrected chi connectivity index (χ3v) is 7.28. The van der Waals surface area contributed by atoms with E-state index in [9.17, 15) is 13.2 Å². The Bertz CT molecular complexity index is 1070. The zero-order valence-corrected chi connectivity index (χ0v) is 19.7. The second-order valence-corrected chi connectivity index (χ2v) is 9.43. The molecule has 0 spiro atoms. The van der Waals surface area contributed by atoms with Crippen LogP contribution in [-0.2, 0) is 14.8 Å². The molecule has 1 heterocycles. The molecule has 0 atom stereocenters. The van der Waals surface area contributed by atoms with Gasteiger partial charge in [-0.1, -0.05) is 11.6 Å². The number of hydrogen-bond acceptors (Lipinski definition) is 7. The van der Waals surface area contributed by atoms with Crippen molar-refractivity contribution in [2.45, 2.75) is 4.90 Å². The van der Waals surface area contributed by atoms with Crippen LogP contribution in [0.3, 0.4) is 0 Å². The molecule has 0 radical (unpaired) electrons. The Hall–Kier alpha value is -2.53. The van der Waals surface area contributed by atoms with Crippen molar-refractivity contribution in [1.29, 1.82) is 0 Å². The molecule has 32 heavy (non-hydrogen) atoms. The molecule has 11 heteroatoms. The Morgan fingerprint density at radius 2 is 1.66 bits per heavy atom. The lowest BCUT2D eigenvalue weighted by molar-refractivity contribution is -0.117. The van der Waals surface area contributed by atoms with Crippen molar-refractivity contribution < 1.29 is 27.4 Å². The van der Waals surface area contributed by atoms with Crippen LogP contribution in [0.15, 0.2) is 41.3 Å². The summed E-state index contributed by atoms with van der Waals surface area (Å²) in [5.74, 6) is 1.13. The second-order valence-electron chi connectivity index (χ2n) is 7.09. The van der Waals surface area contributed by atoms with Crippen LogP contribution in [-0.4, -0.2) is 77.6 Å². The number of benzene rings is 2. The average Bonchev–Trinajstić information content (AvgIpc) is 2.79. The minimum absolute atomic E-state index is 0.0327. The number of nitrogens with zero attached hydrogens (tertiary/aromatic N) is 2. The van der Waals surface area contributed by atoms with Crippen molar-refractivity contribution >= 4 is 33.2 Å². The summed E-state index contributed by atoms with van der Waals surface area (Å²) in [7, 11) is 0.702. The third-order valence-electron chi connectivity index (χ3n) is 5.12. The zero-order chi connectivity index (χ0) is 23.3. The molecule has 0 unspecified atom stereocenters. The van der Waals surface area contributed by atoms with E-state index in [1.807, 2.05) is 4.90 Å². The molecule has 1 fully saturated rings. The Morgan fingerprint density at radius 1 is 0.969 bits per heavy atom. The fourth-order valence-electron chi connectivity index (χ4n) is 3.41. The zero-order valence-electron chi connectivity index (χ0n) is 18.1. The number of piperazine rings is 1. The van der Waals surface area contributed by atoms with Gasteiger partial charge in [0.1, 0.15) is 22.1 Å². The standard InChI is InChI=1S/C21H26ClN3O6S/c1-29-16-5-6-17(19(13-16)31-3)23-21(26)14-24-8-10-25(11-9-24)32(27,28)20-12-15(22)4-7-18(20)30-2/h4-7,12-13H,8-11,14H2,1-3H3,(H,23,26). The molecular formula is C21H26ClN3O6S. The van der Waals surface area contributed by atoms with E-state index in [0.717, 1.165) is 0 Å². The van der Waals surface area contributed by atoms with Crippen LogP contribution in [0.1, 0.15) is 0 Å². The molecule has 0 aliphatic carbocycles. The largest absolute Gasteiger partial charge is 0.497 e. The minimum Gasteiger partial charge on any atom is -0.497 e. The molecule has 9 nitrogen and oxygen atoms in total. The van der Waals surface area contributed by atoms with Crippen LogP contribution in [0.5, 0.6) is 17.2 Å². The van der Waals surface area contributed by atoms with Crippen LogP contribution in [0.2, 0.25) is 5.02 Å². The summed E-state index contributed by atoms with van der Waals surface area (Å²) in [4.78, 5) is 14.4. The molecule has 2 aromatic carbocycles. The Labute approximate surface area is 192 Å². The Balaban J connectivity index is 1.60. The average molecular weight is 484 g/mol. The Kier molecular flexibility index (Phi) is 7.83. The maximum Gasteiger partial charge on any atom is 0.246 e. The van der Waals surface area contributed by atoms with E-state index in [1.165, 1.54) is 30.7 Å². The van der Waals surface area contributed by atoms with Crippen molar-refractivity contribution in [2.24, 2.45) is 0 Å². The number of amides is 1. The minimum atomic E-state index is -3.78. The van der Waals surface area contributed by atoms with Crippen molar-refractivity contribution in [3.8, 4) is 17.2 Å². The Morgan fingerprint density at radius 3 is 2.28 bits per heavy atom. The fourth-order valence-corrected chi connectivity index (χ4v) is 5.25. The molecule has 1 aliphatic heterocycles. The predicted octanol–water partition coefficient (Wildman–Crippen LogP) is 2.31. The van der Waals surface area contributed by atoms with Gasteiger partial charge in [0.2, 0.25) is 15.9 Å². The molecule has 1 N–H and O–H groups in total. The molecule has 1 aliphatic rings. The van der Waals surface area contributed by atoms with E-state index in [1.54, 1.807) is 31.4 Å². The lowest BCUT2D eigenvalue weighted by atomic mass is 10.2. The maximum absolute atomic E-state index is 13.1. The number of rotatable bonds is 8. The third kappa shape index (κ3) is 5.44. The van der Waals surface area contributed by atoms with Crippen molar-refractivity contribution in [3.63, 3.8) is 0 Å². The van der Waals surface area contributed by atoms with E-state index in [4.69, 9.17) is 25.8 Å². The highest BCUT2D eigenvalue weighted by Crippen LogP contribution is 2.31. The lowest BCUT2D eigenvalue weighted by Crippen LogP contribution is -2.50. The number of methoxy groups -OCH3 is 3. The van der Waals surface area contributed by atoms with Gasteiger partial charge in [0.25, 0.3) is 0 Å². The smallest absolute Gasteiger partial charge is 0.246 e. The van der Waals surface area contributed by atoms with Crippen LogP contribution in [0.25, 0.3) is 0 Å². The van der Waals surface area contributed by atoms with Crippen molar-refractivity contribution in [2.75, 3.05) is 59.4 Å². The summed E-state index contributed by atoms with van der Waals surface area (Å²) in [6.07, 6.45) is 0. The van der Waals surface area contributed by atoms with E-state index in [2.05, 4.69) is 5.32 Å². The van der Waals surface area contributed by atoms with Gasteiger partial charge in [0.15, 0.2) is 0 Å². The van der Waals surface area contributed by atoms with Crippen LogP contribution in [0.4, 0.5) is 5.69 Å². The number of sulfonamides is 1. The molecule has 2 aromatic rings. The van der Waals surface area contributed by atoms with Gasteiger partial charge in [-0.15, -0.1) is 0 Å². The molecule has 1 saturated heterocycles. The molecule has 1 amide bonds. The first-order chi connectivity index (χ1) is 15.3. The van der Waals surface area contributed by atoms with E-state index in [0.29, 0.717) is 35.3 Å². The number of ether oxygens (including phenoxy) is 3. The number of halogens is 1. The van der Waals surface area contributed by atoms with Gasteiger partial charge < -0.3 is 19.5 Å². The van der Waals surface area contributed by atoms with Gasteiger partial charge in [-0.05, 0) is 30.3 Å². The van der Waals surface area contributed by atoms with Crippen molar-refractivity contribution in [1.82, 2.24) is 9.21 Å². The maximum atomic E-state index is 13.1. The number of anilines is 1. The topological polar surface area (TPSA) is 97.4 Å². The number of carbonyl (C=O) groups excluding carboxylic acids is 1. The fraction of sp³-hybridized carbons (Fsp3) is 0.381. The van der Waals surface area contributed by atoms with Gasteiger partial charge in [-0.3, -0.25) is 9.69 Å². The summed E-state index contributed by atoms with van der Waals surface area (Å²) < 4.78 is 43.2. The summed E-state index contributed by atoms with van der Waals surface area (Å²) in [5, 5.41) is 3.14. The molecule has 3 rings (SSSR count). The molecule has 0 aromatic heterocycles. The highest BCUT2D eigenvalue weighted by Gasteiger charge is 2.31. The molecule has 174 valence electrons. The first kappa shape index (κ1) is 24.1. The summed E-state index contributed by atoms with van der Waals surface area (Å²) >= 11 is 6.00. The summed E-state index contributed by atoms with van der Waals surface area (Å²) in [5.41, 5.74) is 0.535. The SMILES string of the molecule is COc1ccc(NC(=O)CN2CCN(S(=O)(=O)c3cc(Cl)ccc3OC)CC2)c(OC)c1. The quantitative estimate of drug-likeness (QED) is 0.615. The number of hydrogen-bond donors (Lipinski definition) is 1. The number of nitrogens with one attached hydrogen (secondary N) is 1. The van der Waals surface area contributed by atoms with Gasteiger partial charge in [-0.2, -0.15) is 4.31 Å². The van der Waals surface area contributed by atoms with Crippen molar-refractivity contribution in [3.05, 3.63) is 41.4 Å². The van der Waals surface area contributed by atoms with Crippen LogP contribution in [0, 0.1) is 0 Å².